The van der Waals surface area contributed by atoms with Crippen LogP contribution < -0.4 is 0 Å². The van der Waals surface area contributed by atoms with Crippen molar-refractivity contribution >= 4 is 17.6 Å². The van der Waals surface area contributed by atoms with Crippen molar-refractivity contribution in [3.63, 3.8) is 0 Å². The monoisotopic (exact) mass is 222 g/mol. The number of hydrogen-bond acceptors (Lipinski definition) is 2. The van der Waals surface area contributed by atoms with E-state index in [2.05, 4.69) is 0 Å². The molecular weight excluding hydrogens is 212 g/mol. The molecule has 1 aromatic rings. The zero-order chi connectivity index (χ0) is 10.8. The molecule has 1 saturated heterocycles. The molecule has 0 radical (unpaired) electrons. The molecule has 1 aliphatic heterocycles. The van der Waals surface area contributed by atoms with Gasteiger partial charge in [0.1, 0.15) is 6.10 Å². The first kappa shape index (κ1) is 10.2. The summed E-state index contributed by atoms with van der Waals surface area (Å²) < 4.78 is 5.24. The van der Waals surface area contributed by atoms with E-state index in [0.717, 1.165) is 5.56 Å². The Morgan fingerprint density at radius 3 is 2.60 bits per heavy atom. The van der Waals surface area contributed by atoms with Crippen LogP contribution in [0, 0.1) is 0 Å². The topological polar surface area (TPSA) is 26.3 Å². The Hall–Kier alpha value is -1.28. The van der Waals surface area contributed by atoms with Crippen molar-refractivity contribution in [1.29, 1.82) is 0 Å². The normalized spacial score (nSPS) is 23.9. The summed E-state index contributed by atoms with van der Waals surface area (Å²) in [5.41, 5.74) is 1.60. The molecule has 0 aromatic heterocycles. The van der Waals surface area contributed by atoms with E-state index in [1.807, 2.05) is 30.3 Å². The molecule has 0 amide bonds. The second kappa shape index (κ2) is 4.07. The summed E-state index contributed by atoms with van der Waals surface area (Å²) in [6, 6.07) is 9.69. The van der Waals surface area contributed by atoms with Gasteiger partial charge in [0.25, 0.3) is 0 Å². The third kappa shape index (κ3) is 2.05. The van der Waals surface area contributed by atoms with Crippen LogP contribution in [0.3, 0.4) is 0 Å². The molecule has 0 unspecified atom stereocenters. The summed E-state index contributed by atoms with van der Waals surface area (Å²) >= 11 is 5.81. The van der Waals surface area contributed by atoms with Gasteiger partial charge in [0.15, 0.2) is 0 Å². The van der Waals surface area contributed by atoms with Crippen molar-refractivity contribution in [2.75, 3.05) is 0 Å². The lowest BCUT2D eigenvalue weighted by Crippen LogP contribution is -1.98. The lowest BCUT2D eigenvalue weighted by molar-refractivity contribution is -0.139. The number of benzene rings is 1. The van der Waals surface area contributed by atoms with Crippen LogP contribution in [0.2, 0.25) is 0 Å². The van der Waals surface area contributed by atoms with Gasteiger partial charge in [-0.2, -0.15) is 0 Å². The largest absolute Gasteiger partial charge is 0.454 e. The lowest BCUT2D eigenvalue weighted by atomic mass is 10.0. The van der Waals surface area contributed by atoms with Crippen LogP contribution in [-0.4, -0.2) is 5.97 Å². The van der Waals surface area contributed by atoms with Gasteiger partial charge in [-0.1, -0.05) is 41.9 Å². The van der Waals surface area contributed by atoms with Crippen LogP contribution in [0.25, 0.3) is 0 Å². The Labute approximate surface area is 93.5 Å². The molecule has 1 heterocycles. The minimum Gasteiger partial charge on any atom is -0.454 e. The standard InChI is InChI=1S/C12H11ClO2/c1-8(13)10-7-11(15-12(10)14)9-5-3-2-4-6-9/h2-6,11H,7H2,1H3/b10-8-/t11-/m1/s1. The average Bonchev–Trinajstić information content (AvgIpc) is 2.62. The van der Waals surface area contributed by atoms with Crippen LogP contribution in [0.5, 0.6) is 0 Å². The van der Waals surface area contributed by atoms with E-state index in [1.165, 1.54) is 0 Å². The molecule has 78 valence electrons. The first-order valence-corrected chi connectivity index (χ1v) is 5.17. The molecular formula is C12H11ClO2. The highest BCUT2D eigenvalue weighted by atomic mass is 35.5. The molecule has 1 atom stereocenters. The van der Waals surface area contributed by atoms with Gasteiger partial charge in [0, 0.05) is 11.5 Å². The van der Waals surface area contributed by atoms with Crippen molar-refractivity contribution < 1.29 is 9.53 Å². The Bertz CT molecular complexity index is 405. The lowest BCUT2D eigenvalue weighted by Gasteiger charge is -2.07. The minimum atomic E-state index is -0.295. The van der Waals surface area contributed by atoms with E-state index in [0.29, 0.717) is 17.0 Å². The fourth-order valence-corrected chi connectivity index (χ4v) is 1.80. The molecule has 2 nitrogen and oxygen atoms in total. The smallest absolute Gasteiger partial charge is 0.335 e. The Morgan fingerprint density at radius 2 is 2.07 bits per heavy atom. The molecule has 1 aliphatic rings. The molecule has 0 spiro atoms. The van der Waals surface area contributed by atoms with E-state index >= 15 is 0 Å². The summed E-state index contributed by atoms with van der Waals surface area (Å²) in [4.78, 5) is 11.4. The third-order valence-electron chi connectivity index (χ3n) is 2.47. The number of cyclic esters (lactones) is 1. The van der Waals surface area contributed by atoms with Gasteiger partial charge in [-0.05, 0) is 12.5 Å². The van der Waals surface area contributed by atoms with Crippen molar-refractivity contribution in [3.8, 4) is 0 Å². The molecule has 0 saturated carbocycles. The number of carbonyl (C=O) groups excluding carboxylic acids is 1. The SMILES string of the molecule is C/C(Cl)=C1\C[C@H](c2ccccc2)OC1=O. The molecule has 1 fully saturated rings. The van der Waals surface area contributed by atoms with Crippen LogP contribution in [-0.2, 0) is 9.53 Å². The van der Waals surface area contributed by atoms with Crippen LogP contribution >= 0.6 is 11.6 Å². The zero-order valence-corrected chi connectivity index (χ0v) is 9.12. The molecule has 0 aliphatic carbocycles. The quantitative estimate of drug-likeness (QED) is 0.539. The van der Waals surface area contributed by atoms with E-state index in [1.54, 1.807) is 6.92 Å². The highest BCUT2D eigenvalue weighted by Crippen LogP contribution is 2.34. The van der Waals surface area contributed by atoms with Gasteiger partial charge in [0.05, 0.1) is 5.57 Å². The van der Waals surface area contributed by atoms with Crippen molar-refractivity contribution in [2.45, 2.75) is 19.4 Å². The van der Waals surface area contributed by atoms with E-state index in [4.69, 9.17) is 16.3 Å². The van der Waals surface area contributed by atoms with Crippen LogP contribution in [0.4, 0.5) is 0 Å². The minimum absolute atomic E-state index is 0.178. The molecule has 3 heteroatoms. The van der Waals surface area contributed by atoms with Gasteiger partial charge in [-0.25, -0.2) is 4.79 Å². The molecule has 1 aromatic carbocycles. The number of halogens is 1. The van der Waals surface area contributed by atoms with Gasteiger partial charge >= 0.3 is 5.97 Å². The number of hydrogen-bond donors (Lipinski definition) is 0. The number of ether oxygens (including phenoxy) is 1. The predicted molar refractivity (Wildman–Crippen MR) is 58.4 cm³/mol. The number of rotatable bonds is 1. The van der Waals surface area contributed by atoms with E-state index in [9.17, 15) is 4.79 Å². The second-order valence-corrected chi connectivity index (χ2v) is 4.09. The van der Waals surface area contributed by atoms with Gasteiger partial charge in [-0.3, -0.25) is 0 Å². The molecule has 0 N–H and O–H groups in total. The summed E-state index contributed by atoms with van der Waals surface area (Å²) in [5.74, 6) is -0.295. The first-order valence-electron chi connectivity index (χ1n) is 4.79. The van der Waals surface area contributed by atoms with Crippen LogP contribution in [0.1, 0.15) is 25.0 Å². The summed E-state index contributed by atoms with van der Waals surface area (Å²) in [5, 5.41) is 0.526. The highest BCUT2D eigenvalue weighted by Gasteiger charge is 2.31. The second-order valence-electron chi connectivity index (χ2n) is 3.52. The fraction of sp³-hybridized carbons (Fsp3) is 0.250. The predicted octanol–water partition coefficient (Wildman–Crippen LogP) is 3.19. The van der Waals surface area contributed by atoms with Crippen LogP contribution in [0.15, 0.2) is 40.9 Å². The zero-order valence-electron chi connectivity index (χ0n) is 8.37. The average molecular weight is 223 g/mol. The molecule has 2 rings (SSSR count). The summed E-state index contributed by atoms with van der Waals surface area (Å²) in [6.07, 6.45) is 0.389. The fourth-order valence-electron chi connectivity index (χ4n) is 1.65. The number of esters is 1. The van der Waals surface area contributed by atoms with Gasteiger partial charge in [0.2, 0.25) is 0 Å². The van der Waals surface area contributed by atoms with Gasteiger partial charge < -0.3 is 4.74 Å². The maximum Gasteiger partial charge on any atom is 0.335 e. The highest BCUT2D eigenvalue weighted by molar-refractivity contribution is 6.31. The third-order valence-corrected chi connectivity index (χ3v) is 2.70. The first-order chi connectivity index (χ1) is 7.18. The Balaban J connectivity index is 2.24. The molecule has 15 heavy (non-hydrogen) atoms. The maximum atomic E-state index is 11.4. The number of allylic oxidation sites excluding steroid dienone is 1. The summed E-state index contributed by atoms with van der Waals surface area (Å²) in [7, 11) is 0. The van der Waals surface area contributed by atoms with E-state index in [-0.39, 0.29) is 12.1 Å². The van der Waals surface area contributed by atoms with E-state index < -0.39 is 0 Å². The van der Waals surface area contributed by atoms with Gasteiger partial charge in [-0.15, -0.1) is 0 Å². The van der Waals surface area contributed by atoms with Crippen molar-refractivity contribution in [2.24, 2.45) is 0 Å². The van der Waals surface area contributed by atoms with Crippen molar-refractivity contribution in [1.82, 2.24) is 0 Å². The van der Waals surface area contributed by atoms with Crippen molar-refractivity contribution in [3.05, 3.63) is 46.5 Å². The maximum absolute atomic E-state index is 11.4. The Morgan fingerprint density at radius 1 is 1.40 bits per heavy atom. The molecule has 0 bridgehead atoms. The summed E-state index contributed by atoms with van der Waals surface area (Å²) in [6.45, 7) is 1.71. The Kier molecular flexibility index (Phi) is 2.78. The number of carbonyl (C=O) groups is 1.